The molecule has 1 aliphatic heterocycles. The smallest absolute Gasteiger partial charge is 0.221 e. The first-order chi connectivity index (χ1) is 12.2. The predicted molar refractivity (Wildman–Crippen MR) is 102 cm³/mol. The van der Waals surface area contributed by atoms with Gasteiger partial charge in [-0.25, -0.2) is 0 Å². The van der Waals surface area contributed by atoms with Crippen molar-refractivity contribution in [3.05, 3.63) is 52.2 Å². The van der Waals surface area contributed by atoms with Crippen LogP contribution in [0.3, 0.4) is 0 Å². The van der Waals surface area contributed by atoms with Gasteiger partial charge in [0.1, 0.15) is 11.9 Å². The van der Waals surface area contributed by atoms with E-state index in [2.05, 4.69) is 29.3 Å². The van der Waals surface area contributed by atoms with Crippen molar-refractivity contribution in [1.82, 2.24) is 10.2 Å². The third-order valence-electron chi connectivity index (χ3n) is 4.55. The Bertz CT molecular complexity index is 647. The quantitative estimate of drug-likeness (QED) is 0.822. The lowest BCUT2D eigenvalue weighted by Crippen LogP contribution is -2.40. The first-order valence-corrected chi connectivity index (χ1v) is 9.82. The maximum Gasteiger partial charge on any atom is 0.221 e. The van der Waals surface area contributed by atoms with Crippen LogP contribution in [0.4, 0.5) is 0 Å². The van der Waals surface area contributed by atoms with Crippen LogP contribution >= 0.6 is 11.3 Å². The van der Waals surface area contributed by atoms with Gasteiger partial charge >= 0.3 is 0 Å². The minimum Gasteiger partial charge on any atom is -0.490 e. The van der Waals surface area contributed by atoms with Gasteiger partial charge < -0.3 is 15.0 Å². The Hall–Kier alpha value is -1.85. The molecule has 25 heavy (non-hydrogen) atoms. The second-order valence-electron chi connectivity index (χ2n) is 6.58. The number of benzene rings is 1. The highest BCUT2D eigenvalue weighted by atomic mass is 32.1. The highest BCUT2D eigenvalue weighted by Gasteiger charge is 2.20. The Kier molecular flexibility index (Phi) is 6.48. The second kappa shape index (κ2) is 9.02. The van der Waals surface area contributed by atoms with Crippen LogP contribution in [0.1, 0.15) is 29.7 Å². The topological polar surface area (TPSA) is 41.6 Å². The third-order valence-corrected chi connectivity index (χ3v) is 5.43. The average Bonchev–Trinajstić information content (AvgIpc) is 3.15. The number of nitrogens with one attached hydrogen (secondary N) is 1. The molecule has 2 aromatic rings. The Morgan fingerprint density at radius 1 is 1.24 bits per heavy atom. The maximum atomic E-state index is 12.0. The zero-order valence-corrected chi connectivity index (χ0v) is 15.6. The summed E-state index contributed by atoms with van der Waals surface area (Å²) in [6.07, 6.45) is 2.89. The van der Waals surface area contributed by atoms with E-state index in [0.717, 1.165) is 38.2 Å². The maximum absolute atomic E-state index is 12.0. The van der Waals surface area contributed by atoms with Crippen LogP contribution in [-0.4, -0.2) is 36.5 Å². The van der Waals surface area contributed by atoms with Gasteiger partial charge in [0.25, 0.3) is 0 Å². The van der Waals surface area contributed by atoms with Gasteiger partial charge in [-0.2, -0.15) is 0 Å². The van der Waals surface area contributed by atoms with Crippen molar-refractivity contribution in [2.45, 2.75) is 38.8 Å². The number of aryl methyl sites for hydroxylation is 1. The fourth-order valence-electron chi connectivity index (χ4n) is 3.01. The van der Waals surface area contributed by atoms with Crippen LogP contribution in [-0.2, 0) is 11.3 Å². The molecular formula is C20H26N2O2S. The van der Waals surface area contributed by atoms with E-state index in [1.54, 1.807) is 11.3 Å². The number of carbonyl (C=O) groups excluding carboxylic acids is 1. The van der Waals surface area contributed by atoms with Gasteiger partial charge in [0.05, 0.1) is 6.54 Å². The van der Waals surface area contributed by atoms with Crippen molar-refractivity contribution >= 4 is 17.2 Å². The summed E-state index contributed by atoms with van der Waals surface area (Å²) in [6, 6.07) is 12.3. The Balaban J connectivity index is 1.32. The molecule has 0 radical (unpaired) electrons. The van der Waals surface area contributed by atoms with Crippen molar-refractivity contribution in [3.8, 4) is 5.75 Å². The number of nitrogens with zero attached hydrogens (tertiary/aromatic N) is 1. The SMILES string of the molecule is Cc1ccc(OC2CCN(CCC(=O)NCc3cccs3)CC2)cc1. The van der Waals surface area contributed by atoms with Gasteiger partial charge in [-0.05, 0) is 43.3 Å². The minimum atomic E-state index is 0.131. The van der Waals surface area contributed by atoms with Crippen LogP contribution in [0.2, 0.25) is 0 Å². The van der Waals surface area contributed by atoms with Crippen LogP contribution in [0.5, 0.6) is 5.75 Å². The number of amides is 1. The number of hydrogen-bond acceptors (Lipinski definition) is 4. The summed E-state index contributed by atoms with van der Waals surface area (Å²) in [4.78, 5) is 15.5. The van der Waals surface area contributed by atoms with E-state index < -0.39 is 0 Å². The molecule has 0 bridgehead atoms. The first kappa shape index (κ1) is 18.0. The normalized spacial score (nSPS) is 15.9. The summed E-state index contributed by atoms with van der Waals surface area (Å²) in [6.45, 7) is 5.54. The molecule has 0 spiro atoms. The van der Waals surface area contributed by atoms with Crippen LogP contribution in [0, 0.1) is 6.92 Å². The lowest BCUT2D eigenvalue weighted by Gasteiger charge is -2.32. The average molecular weight is 359 g/mol. The largest absolute Gasteiger partial charge is 0.490 e. The van der Waals surface area contributed by atoms with Gasteiger partial charge in [0.15, 0.2) is 0 Å². The van der Waals surface area contributed by atoms with Gasteiger partial charge in [0.2, 0.25) is 5.91 Å². The molecule has 1 aromatic heterocycles. The van der Waals surface area contributed by atoms with Crippen LogP contribution in [0.25, 0.3) is 0 Å². The molecule has 1 saturated heterocycles. The molecular weight excluding hydrogens is 332 g/mol. The molecule has 0 unspecified atom stereocenters. The molecule has 0 aliphatic carbocycles. The molecule has 1 fully saturated rings. The lowest BCUT2D eigenvalue weighted by atomic mass is 10.1. The molecule has 1 amide bonds. The zero-order valence-electron chi connectivity index (χ0n) is 14.7. The van der Waals surface area contributed by atoms with E-state index >= 15 is 0 Å². The number of hydrogen-bond donors (Lipinski definition) is 1. The molecule has 2 heterocycles. The fraction of sp³-hybridized carbons (Fsp3) is 0.450. The zero-order chi connectivity index (χ0) is 17.5. The molecule has 0 saturated carbocycles. The van der Waals surface area contributed by atoms with Gasteiger partial charge in [-0.3, -0.25) is 4.79 Å². The van der Waals surface area contributed by atoms with E-state index in [0.29, 0.717) is 13.0 Å². The monoisotopic (exact) mass is 358 g/mol. The van der Waals surface area contributed by atoms with Gasteiger partial charge in [-0.15, -0.1) is 11.3 Å². The summed E-state index contributed by atoms with van der Waals surface area (Å²) in [5.41, 5.74) is 1.25. The van der Waals surface area contributed by atoms with E-state index in [1.807, 2.05) is 29.6 Å². The first-order valence-electron chi connectivity index (χ1n) is 8.94. The third kappa shape index (κ3) is 5.87. The van der Waals surface area contributed by atoms with Crippen molar-refractivity contribution < 1.29 is 9.53 Å². The number of ether oxygens (including phenoxy) is 1. The van der Waals surface area contributed by atoms with Crippen LogP contribution < -0.4 is 10.1 Å². The van der Waals surface area contributed by atoms with Gasteiger partial charge in [-0.1, -0.05) is 23.8 Å². The Morgan fingerprint density at radius 3 is 2.68 bits per heavy atom. The van der Waals surface area contributed by atoms with E-state index in [9.17, 15) is 4.79 Å². The second-order valence-corrected chi connectivity index (χ2v) is 7.61. The molecule has 0 atom stereocenters. The number of carbonyl (C=O) groups is 1. The summed E-state index contributed by atoms with van der Waals surface area (Å²) in [5.74, 6) is 1.09. The number of piperidine rings is 1. The molecule has 4 nitrogen and oxygen atoms in total. The molecule has 134 valence electrons. The van der Waals surface area contributed by atoms with E-state index in [4.69, 9.17) is 4.74 Å². The van der Waals surface area contributed by atoms with Crippen LogP contribution in [0.15, 0.2) is 41.8 Å². The summed E-state index contributed by atoms with van der Waals surface area (Å²) in [7, 11) is 0. The highest BCUT2D eigenvalue weighted by Crippen LogP contribution is 2.19. The van der Waals surface area contributed by atoms with Crippen molar-refractivity contribution in [3.63, 3.8) is 0 Å². The van der Waals surface area contributed by atoms with Gasteiger partial charge in [0, 0.05) is 30.9 Å². The van der Waals surface area contributed by atoms with Crippen molar-refractivity contribution in [1.29, 1.82) is 0 Å². The minimum absolute atomic E-state index is 0.131. The Labute approximate surface area is 153 Å². The summed E-state index contributed by atoms with van der Waals surface area (Å²) in [5, 5.41) is 5.02. The predicted octanol–water partition coefficient (Wildman–Crippen LogP) is 3.61. The summed E-state index contributed by atoms with van der Waals surface area (Å²) >= 11 is 1.67. The molecule has 1 N–H and O–H groups in total. The lowest BCUT2D eigenvalue weighted by molar-refractivity contribution is -0.121. The molecule has 1 aromatic carbocycles. The standard InChI is InChI=1S/C20H26N2O2S/c1-16-4-6-17(7-5-16)24-18-8-11-22(12-9-18)13-10-20(23)21-15-19-3-2-14-25-19/h2-7,14,18H,8-13,15H2,1H3,(H,21,23). The van der Waals surface area contributed by atoms with E-state index in [-0.39, 0.29) is 12.0 Å². The number of rotatable bonds is 7. The fourth-order valence-corrected chi connectivity index (χ4v) is 3.65. The molecule has 5 heteroatoms. The van der Waals surface area contributed by atoms with Crippen molar-refractivity contribution in [2.75, 3.05) is 19.6 Å². The Morgan fingerprint density at radius 2 is 2.00 bits per heavy atom. The van der Waals surface area contributed by atoms with E-state index in [1.165, 1.54) is 10.4 Å². The highest BCUT2D eigenvalue weighted by molar-refractivity contribution is 7.09. The van der Waals surface area contributed by atoms with Crippen molar-refractivity contribution in [2.24, 2.45) is 0 Å². The number of likely N-dealkylation sites (tertiary alicyclic amines) is 1. The number of thiophene rings is 1. The molecule has 1 aliphatic rings. The molecule has 3 rings (SSSR count). The summed E-state index contributed by atoms with van der Waals surface area (Å²) < 4.78 is 6.06.